The summed E-state index contributed by atoms with van der Waals surface area (Å²) in [5.41, 5.74) is 2.23. The highest BCUT2D eigenvalue weighted by Gasteiger charge is 2.25. The fourth-order valence-electron chi connectivity index (χ4n) is 3.94. The van der Waals surface area contributed by atoms with Gasteiger partial charge in [0.25, 0.3) is 5.91 Å². The standard InChI is InChI=1S/C27H29N3O4S2/c31-26(22-9-13-24(14-10-22)34-20-17-21-7-3-1-4-8-21)29-27(35)28-23-11-15-25(16-12-23)36(32,33)30-18-5-2-6-19-30/h1,3-4,7-16H,2,5-6,17-20H2,(H2,28,29,31,35). The first-order valence-corrected chi connectivity index (χ1v) is 13.8. The second-order valence-corrected chi connectivity index (χ2v) is 10.9. The molecular formula is C27H29N3O4S2. The maximum absolute atomic E-state index is 12.8. The lowest BCUT2D eigenvalue weighted by molar-refractivity contribution is 0.0977. The number of thiocarbonyl (C=S) groups is 1. The Hall–Kier alpha value is -3.27. The lowest BCUT2D eigenvalue weighted by atomic mass is 10.2. The zero-order chi connectivity index (χ0) is 25.4. The average Bonchev–Trinajstić information content (AvgIpc) is 2.90. The van der Waals surface area contributed by atoms with E-state index >= 15 is 0 Å². The predicted octanol–water partition coefficient (Wildman–Crippen LogP) is 4.61. The van der Waals surface area contributed by atoms with Gasteiger partial charge >= 0.3 is 0 Å². The van der Waals surface area contributed by atoms with E-state index in [1.807, 2.05) is 18.2 Å². The van der Waals surface area contributed by atoms with E-state index in [-0.39, 0.29) is 15.9 Å². The Morgan fingerprint density at radius 3 is 2.22 bits per heavy atom. The second-order valence-electron chi connectivity index (χ2n) is 8.51. The Labute approximate surface area is 217 Å². The molecule has 4 rings (SSSR count). The van der Waals surface area contributed by atoms with Crippen LogP contribution in [-0.2, 0) is 16.4 Å². The zero-order valence-corrected chi connectivity index (χ0v) is 21.5. The van der Waals surface area contributed by atoms with Crippen molar-refractivity contribution in [2.24, 2.45) is 0 Å². The molecule has 1 saturated heterocycles. The smallest absolute Gasteiger partial charge is 0.257 e. The van der Waals surface area contributed by atoms with Crippen molar-refractivity contribution in [3.05, 3.63) is 90.0 Å². The molecule has 0 unspecified atom stereocenters. The topological polar surface area (TPSA) is 87.7 Å². The van der Waals surface area contributed by atoms with E-state index in [1.165, 1.54) is 9.87 Å². The van der Waals surface area contributed by atoms with Crippen LogP contribution in [0.5, 0.6) is 5.75 Å². The van der Waals surface area contributed by atoms with Crippen molar-refractivity contribution in [2.75, 3.05) is 25.0 Å². The van der Waals surface area contributed by atoms with Crippen LogP contribution in [0.1, 0.15) is 35.2 Å². The quantitative estimate of drug-likeness (QED) is 0.420. The predicted molar refractivity (Wildman–Crippen MR) is 145 cm³/mol. The summed E-state index contributed by atoms with van der Waals surface area (Å²) in [4.78, 5) is 12.8. The SMILES string of the molecule is O=C(NC(=S)Nc1ccc(S(=O)(=O)N2CCCCC2)cc1)c1ccc(OCCc2ccccc2)cc1. The lowest BCUT2D eigenvalue weighted by Crippen LogP contribution is -2.35. The molecule has 1 aliphatic rings. The molecule has 0 spiro atoms. The molecule has 0 bridgehead atoms. The van der Waals surface area contributed by atoms with Gasteiger partial charge in [-0.2, -0.15) is 4.31 Å². The van der Waals surface area contributed by atoms with E-state index in [0.717, 1.165) is 25.7 Å². The van der Waals surface area contributed by atoms with E-state index < -0.39 is 10.0 Å². The number of benzene rings is 3. The van der Waals surface area contributed by atoms with Gasteiger partial charge in [0.15, 0.2) is 5.11 Å². The summed E-state index contributed by atoms with van der Waals surface area (Å²) in [7, 11) is -3.49. The normalized spacial score (nSPS) is 14.1. The highest BCUT2D eigenvalue weighted by atomic mass is 32.2. The lowest BCUT2D eigenvalue weighted by Gasteiger charge is -2.25. The van der Waals surface area contributed by atoms with E-state index in [2.05, 4.69) is 22.8 Å². The van der Waals surface area contributed by atoms with Crippen LogP contribution in [0.4, 0.5) is 5.69 Å². The molecule has 3 aromatic carbocycles. The third-order valence-electron chi connectivity index (χ3n) is 5.91. The average molecular weight is 524 g/mol. The minimum atomic E-state index is -3.49. The summed E-state index contributed by atoms with van der Waals surface area (Å²) in [6, 6.07) is 23.3. The third-order valence-corrected chi connectivity index (χ3v) is 8.03. The van der Waals surface area contributed by atoms with E-state index in [4.69, 9.17) is 17.0 Å². The molecule has 7 nitrogen and oxygen atoms in total. The number of hydrogen-bond acceptors (Lipinski definition) is 5. The van der Waals surface area contributed by atoms with Crippen molar-refractivity contribution in [1.82, 2.24) is 9.62 Å². The summed E-state index contributed by atoms with van der Waals surface area (Å²) in [6.07, 6.45) is 3.63. The Bertz CT molecular complexity index is 1270. The summed E-state index contributed by atoms with van der Waals surface area (Å²) in [5, 5.41) is 5.68. The first-order valence-electron chi connectivity index (χ1n) is 11.9. The Morgan fingerprint density at radius 2 is 1.56 bits per heavy atom. The highest BCUT2D eigenvalue weighted by molar-refractivity contribution is 7.89. The molecule has 9 heteroatoms. The molecule has 0 aromatic heterocycles. The van der Waals surface area contributed by atoms with Gasteiger partial charge in [-0.15, -0.1) is 0 Å². The van der Waals surface area contributed by atoms with Crippen LogP contribution in [-0.4, -0.2) is 43.4 Å². The van der Waals surface area contributed by atoms with Crippen molar-refractivity contribution in [1.29, 1.82) is 0 Å². The molecule has 3 aromatic rings. The number of sulfonamides is 1. The molecular weight excluding hydrogens is 494 g/mol. The Balaban J connectivity index is 1.26. The van der Waals surface area contributed by atoms with Gasteiger partial charge in [0.05, 0.1) is 11.5 Å². The number of amides is 1. The summed E-state index contributed by atoms with van der Waals surface area (Å²) < 4.78 is 32.9. The molecule has 2 N–H and O–H groups in total. The number of hydrogen-bond donors (Lipinski definition) is 2. The van der Waals surface area contributed by atoms with Gasteiger partial charge in [0, 0.05) is 30.8 Å². The minimum Gasteiger partial charge on any atom is -0.493 e. The third kappa shape index (κ3) is 6.90. The second kappa shape index (κ2) is 12.1. The maximum Gasteiger partial charge on any atom is 0.257 e. The van der Waals surface area contributed by atoms with Gasteiger partial charge in [-0.1, -0.05) is 36.8 Å². The van der Waals surface area contributed by atoms with E-state index in [9.17, 15) is 13.2 Å². The first-order chi connectivity index (χ1) is 17.4. The molecule has 1 amide bonds. The maximum atomic E-state index is 12.8. The highest BCUT2D eigenvalue weighted by Crippen LogP contribution is 2.22. The molecule has 0 aliphatic carbocycles. The van der Waals surface area contributed by atoms with Crippen molar-refractivity contribution < 1.29 is 17.9 Å². The Morgan fingerprint density at radius 1 is 0.889 bits per heavy atom. The molecule has 1 aliphatic heterocycles. The number of carbonyl (C=O) groups excluding carboxylic acids is 1. The molecule has 1 fully saturated rings. The fraction of sp³-hybridized carbons (Fsp3) is 0.259. The molecule has 0 atom stereocenters. The largest absolute Gasteiger partial charge is 0.493 e. The zero-order valence-electron chi connectivity index (χ0n) is 19.9. The van der Waals surface area contributed by atoms with Crippen LogP contribution in [0.3, 0.4) is 0 Å². The van der Waals surface area contributed by atoms with Gasteiger partial charge in [0.1, 0.15) is 5.75 Å². The molecule has 1 heterocycles. The van der Waals surface area contributed by atoms with Crippen LogP contribution < -0.4 is 15.4 Å². The van der Waals surface area contributed by atoms with Crippen molar-refractivity contribution >= 4 is 38.9 Å². The van der Waals surface area contributed by atoms with Crippen molar-refractivity contribution in [3.8, 4) is 5.75 Å². The van der Waals surface area contributed by atoms with Crippen molar-refractivity contribution in [3.63, 3.8) is 0 Å². The fourth-order valence-corrected chi connectivity index (χ4v) is 5.66. The minimum absolute atomic E-state index is 0.120. The number of carbonyl (C=O) groups is 1. The molecule has 36 heavy (non-hydrogen) atoms. The number of anilines is 1. The first kappa shape index (κ1) is 25.8. The summed E-state index contributed by atoms with van der Waals surface area (Å²) in [6.45, 7) is 1.65. The van der Waals surface area contributed by atoms with Gasteiger partial charge in [-0.05, 0) is 79.2 Å². The van der Waals surface area contributed by atoms with E-state index in [0.29, 0.717) is 36.7 Å². The number of piperidine rings is 1. The van der Waals surface area contributed by atoms with Crippen LogP contribution in [0.15, 0.2) is 83.8 Å². The number of nitrogens with one attached hydrogen (secondary N) is 2. The van der Waals surface area contributed by atoms with Crippen LogP contribution >= 0.6 is 12.2 Å². The number of nitrogens with zero attached hydrogens (tertiary/aromatic N) is 1. The Kier molecular flexibility index (Phi) is 8.69. The monoisotopic (exact) mass is 523 g/mol. The van der Waals surface area contributed by atoms with Gasteiger partial charge < -0.3 is 10.1 Å². The summed E-state index contributed by atoms with van der Waals surface area (Å²) >= 11 is 5.26. The van der Waals surface area contributed by atoms with E-state index in [1.54, 1.807) is 48.5 Å². The molecule has 0 saturated carbocycles. The van der Waals surface area contributed by atoms with Crippen LogP contribution in [0.2, 0.25) is 0 Å². The summed E-state index contributed by atoms with van der Waals surface area (Å²) in [5.74, 6) is 0.329. The van der Waals surface area contributed by atoms with Crippen molar-refractivity contribution in [2.45, 2.75) is 30.6 Å². The van der Waals surface area contributed by atoms with Gasteiger partial charge in [-0.25, -0.2) is 8.42 Å². The van der Waals surface area contributed by atoms with Crippen LogP contribution in [0, 0.1) is 0 Å². The number of rotatable bonds is 8. The van der Waals surface area contributed by atoms with Crippen LogP contribution in [0.25, 0.3) is 0 Å². The molecule has 188 valence electrons. The molecule has 0 radical (unpaired) electrons. The van der Waals surface area contributed by atoms with Gasteiger partial charge in [-0.3, -0.25) is 10.1 Å². The van der Waals surface area contributed by atoms with Gasteiger partial charge in [0.2, 0.25) is 10.0 Å². The number of ether oxygens (including phenoxy) is 1.